The minimum absolute atomic E-state index is 0.0896. The maximum absolute atomic E-state index is 13.0. The van der Waals surface area contributed by atoms with Crippen LogP contribution in [-0.2, 0) is 25.7 Å². The number of H-pyrrole nitrogens is 1. The number of hydrogen-bond acceptors (Lipinski definition) is 6. The molecule has 9 nitrogen and oxygen atoms in total. The van der Waals surface area contributed by atoms with E-state index >= 15 is 0 Å². The summed E-state index contributed by atoms with van der Waals surface area (Å²) in [6, 6.07) is 23.0. The Labute approximate surface area is 226 Å². The van der Waals surface area contributed by atoms with Gasteiger partial charge >= 0.3 is 5.97 Å². The molecule has 0 spiro atoms. The number of amides is 2. The Morgan fingerprint density at radius 1 is 1.05 bits per heavy atom. The second-order valence-corrected chi connectivity index (χ2v) is 9.48. The standard InChI is InChI=1S/C30H31N5O4/c1-2-39-29(38)17-21-13-16-28(37)35(26-10-6-3-7-23(21)26)19-27(36)31-18-20-11-14-22(15-12-20)32-30-33-24-8-4-5-9-25(24)34-30/h3-12,14-15,21H,2,13,16-19H2,1H3,(H,31,36)(H2,32,33,34). The number of ether oxygens (including phenoxy) is 1. The van der Waals surface area contributed by atoms with Crippen molar-refractivity contribution in [3.63, 3.8) is 0 Å². The summed E-state index contributed by atoms with van der Waals surface area (Å²) in [6.45, 7) is 2.34. The summed E-state index contributed by atoms with van der Waals surface area (Å²) < 4.78 is 5.13. The van der Waals surface area contributed by atoms with E-state index in [0.717, 1.165) is 27.8 Å². The quantitative estimate of drug-likeness (QED) is 0.271. The molecule has 1 aromatic heterocycles. The first-order chi connectivity index (χ1) is 19.0. The zero-order valence-electron chi connectivity index (χ0n) is 21.8. The Bertz CT molecular complexity index is 1450. The van der Waals surface area contributed by atoms with Crippen molar-refractivity contribution in [3.05, 3.63) is 83.9 Å². The van der Waals surface area contributed by atoms with Gasteiger partial charge in [0.2, 0.25) is 17.8 Å². The van der Waals surface area contributed by atoms with Crippen LogP contribution in [0.2, 0.25) is 0 Å². The number of benzene rings is 3. The van der Waals surface area contributed by atoms with Gasteiger partial charge in [-0.2, -0.15) is 0 Å². The van der Waals surface area contributed by atoms with Gasteiger partial charge in [0.15, 0.2) is 0 Å². The molecule has 39 heavy (non-hydrogen) atoms. The molecule has 0 radical (unpaired) electrons. The highest BCUT2D eigenvalue weighted by molar-refractivity contribution is 6.00. The van der Waals surface area contributed by atoms with Crippen LogP contribution in [0, 0.1) is 0 Å². The van der Waals surface area contributed by atoms with E-state index in [-0.39, 0.29) is 43.1 Å². The normalized spacial score (nSPS) is 14.9. The predicted octanol–water partition coefficient (Wildman–Crippen LogP) is 4.79. The van der Waals surface area contributed by atoms with Crippen LogP contribution in [0.15, 0.2) is 72.8 Å². The molecule has 4 aromatic rings. The van der Waals surface area contributed by atoms with Gasteiger partial charge < -0.3 is 25.3 Å². The average Bonchev–Trinajstić information content (AvgIpc) is 3.30. The molecule has 1 atom stereocenters. The molecule has 1 aliphatic heterocycles. The molecular formula is C30H31N5O4. The lowest BCUT2D eigenvalue weighted by Crippen LogP contribution is -2.40. The minimum Gasteiger partial charge on any atom is -0.466 e. The lowest BCUT2D eigenvalue weighted by Gasteiger charge is -2.23. The number of aromatic nitrogens is 2. The number of anilines is 3. The van der Waals surface area contributed by atoms with E-state index in [1.807, 2.05) is 72.8 Å². The number of nitrogens with zero attached hydrogens (tertiary/aromatic N) is 2. The van der Waals surface area contributed by atoms with Gasteiger partial charge in [-0.3, -0.25) is 14.4 Å². The number of nitrogens with one attached hydrogen (secondary N) is 3. The number of esters is 1. The summed E-state index contributed by atoms with van der Waals surface area (Å²) in [5.41, 5.74) is 5.20. The molecule has 200 valence electrons. The topological polar surface area (TPSA) is 116 Å². The Balaban J connectivity index is 1.19. The zero-order valence-corrected chi connectivity index (χ0v) is 21.8. The monoisotopic (exact) mass is 525 g/mol. The van der Waals surface area contributed by atoms with E-state index in [9.17, 15) is 14.4 Å². The summed E-state index contributed by atoms with van der Waals surface area (Å²) in [5, 5.41) is 6.17. The molecule has 3 aromatic carbocycles. The summed E-state index contributed by atoms with van der Waals surface area (Å²) in [5.74, 6) is -0.153. The van der Waals surface area contributed by atoms with Crippen LogP contribution in [0.3, 0.4) is 0 Å². The second-order valence-electron chi connectivity index (χ2n) is 9.48. The highest BCUT2D eigenvalue weighted by Gasteiger charge is 2.30. The highest BCUT2D eigenvalue weighted by Crippen LogP contribution is 2.37. The molecule has 1 unspecified atom stereocenters. The fourth-order valence-corrected chi connectivity index (χ4v) is 4.86. The molecular weight excluding hydrogens is 494 g/mol. The lowest BCUT2D eigenvalue weighted by atomic mass is 9.91. The van der Waals surface area contributed by atoms with Crippen LogP contribution in [0.5, 0.6) is 0 Å². The van der Waals surface area contributed by atoms with Crippen LogP contribution >= 0.6 is 0 Å². The molecule has 0 saturated heterocycles. The van der Waals surface area contributed by atoms with Crippen molar-refractivity contribution in [3.8, 4) is 0 Å². The van der Waals surface area contributed by atoms with Crippen molar-refractivity contribution in [1.29, 1.82) is 0 Å². The van der Waals surface area contributed by atoms with Crippen LogP contribution in [0.1, 0.15) is 43.2 Å². The van der Waals surface area contributed by atoms with E-state index in [1.165, 1.54) is 4.90 Å². The predicted molar refractivity (Wildman–Crippen MR) is 150 cm³/mol. The number of rotatable bonds is 9. The first kappa shape index (κ1) is 26.0. The molecule has 0 aliphatic carbocycles. The van der Waals surface area contributed by atoms with Crippen LogP contribution < -0.4 is 15.5 Å². The molecule has 3 N–H and O–H groups in total. The van der Waals surface area contributed by atoms with Gasteiger partial charge in [0.25, 0.3) is 0 Å². The van der Waals surface area contributed by atoms with Gasteiger partial charge in [0.05, 0.1) is 24.1 Å². The number of carbonyl (C=O) groups excluding carboxylic acids is 3. The first-order valence-electron chi connectivity index (χ1n) is 13.1. The Kier molecular flexibility index (Phi) is 7.86. The van der Waals surface area contributed by atoms with E-state index < -0.39 is 0 Å². The van der Waals surface area contributed by atoms with Crippen molar-refractivity contribution < 1.29 is 19.1 Å². The summed E-state index contributed by atoms with van der Waals surface area (Å²) in [6.07, 6.45) is 0.992. The fraction of sp³-hybridized carbons (Fsp3) is 0.267. The van der Waals surface area contributed by atoms with E-state index in [1.54, 1.807) is 6.92 Å². The van der Waals surface area contributed by atoms with Crippen molar-refractivity contribution in [2.24, 2.45) is 0 Å². The van der Waals surface area contributed by atoms with Crippen LogP contribution in [0.4, 0.5) is 17.3 Å². The molecule has 0 bridgehead atoms. The maximum atomic E-state index is 13.0. The molecule has 2 amide bonds. The smallest absolute Gasteiger partial charge is 0.306 e. The molecule has 9 heteroatoms. The number of aromatic amines is 1. The third-order valence-electron chi connectivity index (χ3n) is 6.79. The van der Waals surface area contributed by atoms with Gasteiger partial charge in [-0.1, -0.05) is 42.5 Å². The van der Waals surface area contributed by atoms with Gasteiger partial charge in [0.1, 0.15) is 6.54 Å². The first-order valence-corrected chi connectivity index (χ1v) is 13.1. The fourth-order valence-electron chi connectivity index (χ4n) is 4.86. The van der Waals surface area contributed by atoms with Gasteiger partial charge in [0, 0.05) is 24.3 Å². The number of carbonyl (C=O) groups is 3. The SMILES string of the molecule is CCOC(=O)CC1CCC(=O)N(CC(=O)NCc2ccc(Nc3nc4ccccc4[nH]3)cc2)c2ccccc21. The average molecular weight is 526 g/mol. The lowest BCUT2D eigenvalue weighted by molar-refractivity contribution is -0.143. The number of hydrogen-bond donors (Lipinski definition) is 3. The molecule has 0 saturated carbocycles. The number of fused-ring (bicyclic) bond motifs is 2. The highest BCUT2D eigenvalue weighted by atomic mass is 16.5. The van der Waals surface area contributed by atoms with Gasteiger partial charge in [-0.25, -0.2) is 4.98 Å². The maximum Gasteiger partial charge on any atom is 0.306 e. The van der Waals surface area contributed by atoms with Crippen molar-refractivity contribution >= 4 is 46.1 Å². The summed E-state index contributed by atoms with van der Waals surface area (Å²) >= 11 is 0. The third-order valence-corrected chi connectivity index (χ3v) is 6.79. The summed E-state index contributed by atoms with van der Waals surface area (Å²) in [7, 11) is 0. The van der Waals surface area contributed by atoms with Crippen molar-refractivity contribution in [2.75, 3.05) is 23.4 Å². The number of imidazole rings is 1. The number of para-hydroxylation sites is 3. The van der Waals surface area contributed by atoms with Crippen molar-refractivity contribution in [2.45, 2.75) is 38.6 Å². The molecule has 2 heterocycles. The van der Waals surface area contributed by atoms with E-state index in [2.05, 4.69) is 20.6 Å². The second kappa shape index (κ2) is 11.8. The molecule has 1 aliphatic rings. The van der Waals surface area contributed by atoms with Crippen molar-refractivity contribution in [1.82, 2.24) is 15.3 Å². The Hall–Kier alpha value is -4.66. The largest absolute Gasteiger partial charge is 0.466 e. The van der Waals surface area contributed by atoms with Gasteiger partial charge in [-0.05, 0) is 60.7 Å². The van der Waals surface area contributed by atoms with Gasteiger partial charge in [-0.15, -0.1) is 0 Å². The molecule has 0 fully saturated rings. The zero-order chi connectivity index (χ0) is 27.2. The molecule has 5 rings (SSSR count). The Morgan fingerprint density at radius 3 is 2.62 bits per heavy atom. The van der Waals surface area contributed by atoms with E-state index in [4.69, 9.17) is 4.74 Å². The minimum atomic E-state index is -0.283. The summed E-state index contributed by atoms with van der Waals surface area (Å²) in [4.78, 5) is 47.3. The van der Waals surface area contributed by atoms with Crippen LogP contribution in [0.25, 0.3) is 11.0 Å². The third kappa shape index (κ3) is 6.26. The Morgan fingerprint density at radius 2 is 1.82 bits per heavy atom. The van der Waals surface area contributed by atoms with Crippen LogP contribution in [-0.4, -0.2) is 40.9 Å². The van der Waals surface area contributed by atoms with E-state index in [0.29, 0.717) is 31.2 Å².